The minimum atomic E-state index is -4.17. The van der Waals surface area contributed by atoms with Crippen LogP contribution in [0, 0.1) is 0 Å². The predicted molar refractivity (Wildman–Crippen MR) is 128 cm³/mol. The molecule has 2 aromatic rings. The predicted octanol–water partition coefficient (Wildman–Crippen LogP) is 3.36. The Hall–Kier alpha value is -2.14. The first-order valence-electron chi connectivity index (χ1n) is 11.0. The van der Waals surface area contributed by atoms with Gasteiger partial charge in [-0.2, -0.15) is 13.5 Å². The van der Waals surface area contributed by atoms with Crippen molar-refractivity contribution in [3.05, 3.63) is 40.0 Å². The van der Waals surface area contributed by atoms with Crippen molar-refractivity contribution in [2.45, 2.75) is 57.1 Å². The Balaban J connectivity index is 1.79. The molecule has 182 valence electrons. The van der Waals surface area contributed by atoms with Crippen molar-refractivity contribution < 1.29 is 17.9 Å². The molecule has 33 heavy (non-hydrogen) atoms. The van der Waals surface area contributed by atoms with Crippen LogP contribution in [0.1, 0.15) is 56.4 Å². The summed E-state index contributed by atoms with van der Waals surface area (Å²) in [7, 11) is -2.50. The van der Waals surface area contributed by atoms with E-state index in [-0.39, 0.29) is 23.0 Å². The normalized spacial score (nSPS) is 16.9. The fourth-order valence-corrected chi connectivity index (χ4v) is 4.96. The molecule has 1 aromatic heterocycles. The number of carbonyl (C=O) groups is 1. The highest BCUT2D eigenvalue weighted by molar-refractivity contribution is 7.90. The molecule has 11 heteroatoms. The van der Waals surface area contributed by atoms with E-state index < -0.39 is 16.1 Å². The van der Waals surface area contributed by atoms with Crippen molar-refractivity contribution in [2.75, 3.05) is 25.0 Å². The lowest BCUT2D eigenvalue weighted by Crippen LogP contribution is -2.39. The number of ether oxygens (including phenoxy) is 1. The fraction of sp³-hybridized carbons (Fsp3) is 0.545. The highest BCUT2D eigenvalue weighted by Gasteiger charge is 2.25. The number of anilines is 1. The molecule has 2 amide bonds. The molecule has 0 saturated carbocycles. The molecule has 1 atom stereocenters. The van der Waals surface area contributed by atoms with Gasteiger partial charge in [0.05, 0.1) is 12.7 Å². The van der Waals surface area contributed by atoms with Crippen LogP contribution < -0.4 is 15.4 Å². The monoisotopic (exact) mass is 497 g/mol. The molecule has 2 heterocycles. The van der Waals surface area contributed by atoms with Crippen molar-refractivity contribution in [2.24, 2.45) is 7.05 Å². The van der Waals surface area contributed by atoms with Crippen LogP contribution in [0.15, 0.2) is 23.2 Å². The van der Waals surface area contributed by atoms with Crippen molar-refractivity contribution in [1.82, 2.24) is 19.8 Å². The van der Waals surface area contributed by atoms with Gasteiger partial charge in [-0.1, -0.05) is 39.3 Å². The van der Waals surface area contributed by atoms with E-state index in [2.05, 4.69) is 20.5 Å². The maximum atomic E-state index is 12.9. The Bertz CT molecular complexity index is 1080. The van der Waals surface area contributed by atoms with E-state index in [9.17, 15) is 13.2 Å². The van der Waals surface area contributed by atoms with E-state index in [0.717, 1.165) is 17.7 Å². The molecule has 1 saturated heterocycles. The van der Waals surface area contributed by atoms with Gasteiger partial charge in [0.2, 0.25) is 0 Å². The molecule has 1 aliphatic rings. The molecule has 0 radical (unpaired) electrons. The van der Waals surface area contributed by atoms with Crippen LogP contribution in [0.5, 0.6) is 0 Å². The summed E-state index contributed by atoms with van der Waals surface area (Å²) in [6, 6.07) is 4.19. The van der Waals surface area contributed by atoms with Crippen LogP contribution in [0.4, 0.5) is 10.5 Å². The standard InChI is InChI=1S/C22H32ClN5O4S/c1-13(2)18-8-15(23)9-19(14(3)4)21(18)25-22(29)27-33(30,31)20-11-16(28(5)26-20)10-17-12-24-6-7-32-17/h8-9,11,13-14,17,24H,6-7,10,12H2,1-5H3,(H2,25,27,29). The van der Waals surface area contributed by atoms with Gasteiger partial charge in [0.1, 0.15) is 0 Å². The van der Waals surface area contributed by atoms with E-state index in [1.165, 1.54) is 10.7 Å². The summed E-state index contributed by atoms with van der Waals surface area (Å²) < 4.78 is 35.0. The van der Waals surface area contributed by atoms with Crippen molar-refractivity contribution in [3.8, 4) is 0 Å². The maximum absolute atomic E-state index is 12.9. The van der Waals surface area contributed by atoms with Crippen LogP contribution in [0.3, 0.4) is 0 Å². The number of rotatable bonds is 7. The van der Waals surface area contributed by atoms with Gasteiger partial charge in [-0.3, -0.25) is 4.68 Å². The molecule has 1 fully saturated rings. The number of benzene rings is 1. The third-order valence-electron chi connectivity index (χ3n) is 5.54. The largest absolute Gasteiger partial charge is 0.375 e. The molecular formula is C22H32ClN5O4S. The number of urea groups is 1. The van der Waals surface area contributed by atoms with Crippen LogP contribution in [0.2, 0.25) is 5.02 Å². The van der Waals surface area contributed by atoms with E-state index in [4.69, 9.17) is 16.3 Å². The Morgan fingerprint density at radius 3 is 2.42 bits per heavy atom. The molecule has 1 aromatic carbocycles. The van der Waals surface area contributed by atoms with Gasteiger partial charge < -0.3 is 15.4 Å². The SMILES string of the molecule is CC(C)c1cc(Cl)cc(C(C)C)c1NC(=O)NS(=O)(=O)c1cc(CC2CNCCO2)n(C)n1. The van der Waals surface area contributed by atoms with E-state index >= 15 is 0 Å². The summed E-state index contributed by atoms with van der Waals surface area (Å²) in [5.41, 5.74) is 2.94. The van der Waals surface area contributed by atoms with E-state index in [1.807, 2.05) is 27.7 Å². The number of carbonyl (C=O) groups excluding carboxylic acids is 1. The molecule has 0 spiro atoms. The van der Waals surface area contributed by atoms with Gasteiger partial charge in [0.15, 0.2) is 5.03 Å². The minimum Gasteiger partial charge on any atom is -0.375 e. The first-order valence-corrected chi connectivity index (χ1v) is 12.9. The third-order valence-corrected chi connectivity index (χ3v) is 6.97. The van der Waals surface area contributed by atoms with Crippen LogP contribution in [-0.2, 0) is 28.2 Å². The van der Waals surface area contributed by atoms with Gasteiger partial charge in [-0.05, 0) is 35.1 Å². The number of morpholine rings is 1. The summed E-state index contributed by atoms with van der Waals surface area (Å²) in [4.78, 5) is 12.7. The number of amides is 2. The van der Waals surface area contributed by atoms with Gasteiger partial charge in [-0.15, -0.1) is 0 Å². The second kappa shape index (κ2) is 10.4. The van der Waals surface area contributed by atoms with E-state index in [1.54, 1.807) is 19.2 Å². The van der Waals surface area contributed by atoms with Gasteiger partial charge in [0.25, 0.3) is 10.0 Å². The van der Waals surface area contributed by atoms with Gasteiger partial charge in [0, 0.05) is 49.0 Å². The highest BCUT2D eigenvalue weighted by atomic mass is 35.5. The van der Waals surface area contributed by atoms with Gasteiger partial charge in [-0.25, -0.2) is 9.52 Å². The fourth-order valence-electron chi connectivity index (χ4n) is 3.80. The summed E-state index contributed by atoms with van der Waals surface area (Å²) >= 11 is 6.27. The van der Waals surface area contributed by atoms with E-state index in [0.29, 0.717) is 36.0 Å². The quantitative estimate of drug-likeness (QED) is 0.540. The van der Waals surface area contributed by atoms with Gasteiger partial charge >= 0.3 is 6.03 Å². The molecule has 1 unspecified atom stereocenters. The molecule has 1 aliphatic heterocycles. The third kappa shape index (κ3) is 6.26. The molecule has 9 nitrogen and oxygen atoms in total. The Morgan fingerprint density at radius 1 is 1.24 bits per heavy atom. The Kier molecular flexibility index (Phi) is 8.04. The number of aryl methyl sites for hydroxylation is 1. The Morgan fingerprint density at radius 2 is 1.88 bits per heavy atom. The summed E-state index contributed by atoms with van der Waals surface area (Å²) in [6.07, 6.45) is 0.452. The molecule has 3 N–H and O–H groups in total. The molecule has 0 aliphatic carbocycles. The number of hydrogen-bond acceptors (Lipinski definition) is 6. The average Bonchev–Trinajstić information content (AvgIpc) is 3.10. The average molecular weight is 498 g/mol. The smallest absolute Gasteiger partial charge is 0.333 e. The number of sulfonamides is 1. The van der Waals surface area contributed by atoms with Crippen LogP contribution >= 0.6 is 11.6 Å². The Labute approximate surface area is 200 Å². The zero-order valence-electron chi connectivity index (χ0n) is 19.6. The number of aromatic nitrogens is 2. The van der Waals surface area contributed by atoms with Crippen molar-refractivity contribution >= 4 is 33.3 Å². The van der Waals surface area contributed by atoms with Crippen LogP contribution in [-0.4, -0.2) is 50.0 Å². The second-order valence-corrected chi connectivity index (χ2v) is 10.9. The maximum Gasteiger partial charge on any atom is 0.333 e. The zero-order valence-corrected chi connectivity index (χ0v) is 21.2. The lowest BCUT2D eigenvalue weighted by atomic mass is 9.92. The zero-order chi connectivity index (χ0) is 24.3. The van der Waals surface area contributed by atoms with Crippen molar-refractivity contribution in [1.29, 1.82) is 0 Å². The number of hydrogen-bond donors (Lipinski definition) is 3. The minimum absolute atomic E-state index is 0.0604. The topological polar surface area (TPSA) is 114 Å². The number of nitrogens with zero attached hydrogens (tertiary/aromatic N) is 2. The molecule has 0 bridgehead atoms. The second-order valence-electron chi connectivity index (χ2n) is 8.83. The molecule has 3 rings (SSSR count). The van der Waals surface area contributed by atoms with Crippen LogP contribution in [0.25, 0.3) is 0 Å². The highest BCUT2D eigenvalue weighted by Crippen LogP contribution is 2.35. The summed E-state index contributed by atoms with van der Waals surface area (Å²) in [5.74, 6) is 0.144. The summed E-state index contributed by atoms with van der Waals surface area (Å²) in [6.45, 7) is 10.0. The lowest BCUT2D eigenvalue weighted by Gasteiger charge is -2.23. The lowest BCUT2D eigenvalue weighted by molar-refractivity contribution is 0.0281. The number of halogens is 1. The first kappa shape index (κ1) is 25.5. The first-order chi connectivity index (χ1) is 15.5. The summed E-state index contributed by atoms with van der Waals surface area (Å²) in [5, 5.41) is 10.4. The number of nitrogens with one attached hydrogen (secondary N) is 3. The molecular weight excluding hydrogens is 466 g/mol. The van der Waals surface area contributed by atoms with Crippen molar-refractivity contribution in [3.63, 3.8) is 0 Å².